The number of para-hydroxylation sites is 1. The Labute approximate surface area is 139 Å². The summed E-state index contributed by atoms with van der Waals surface area (Å²) in [4.78, 5) is 12.1. The van der Waals surface area contributed by atoms with Crippen molar-refractivity contribution in [1.29, 1.82) is 0 Å². The van der Waals surface area contributed by atoms with Gasteiger partial charge in [-0.05, 0) is 30.7 Å². The molecule has 0 aromatic heterocycles. The van der Waals surface area contributed by atoms with E-state index in [0.29, 0.717) is 27.0 Å². The molecule has 22 heavy (non-hydrogen) atoms. The maximum absolute atomic E-state index is 12.1. The van der Waals surface area contributed by atoms with Crippen LogP contribution in [0.4, 0.5) is 11.4 Å². The number of amides is 1. The number of aryl methyl sites for hydroxylation is 1. The molecule has 0 radical (unpaired) electrons. The Kier molecular flexibility index (Phi) is 5.66. The summed E-state index contributed by atoms with van der Waals surface area (Å²) in [6.45, 7) is 1.96. The molecule has 4 nitrogen and oxygen atoms in total. The van der Waals surface area contributed by atoms with Crippen molar-refractivity contribution < 1.29 is 9.90 Å². The highest BCUT2D eigenvalue weighted by Crippen LogP contribution is 2.35. The summed E-state index contributed by atoms with van der Waals surface area (Å²) in [5.74, 6) is -0.281. The zero-order valence-corrected chi connectivity index (χ0v) is 13.5. The second-order valence-electron chi connectivity index (χ2n) is 4.70. The SMILES string of the molecule is Cc1ccc(Cl)c(Nc2ccccc2C(=O)NCCO)c1Cl. The Morgan fingerprint density at radius 2 is 1.91 bits per heavy atom. The lowest BCUT2D eigenvalue weighted by Crippen LogP contribution is -2.27. The molecule has 0 bridgehead atoms. The summed E-state index contributed by atoms with van der Waals surface area (Å²) >= 11 is 12.5. The minimum absolute atomic E-state index is 0.114. The van der Waals surface area contributed by atoms with Gasteiger partial charge in [0.1, 0.15) is 0 Å². The molecule has 2 aromatic carbocycles. The summed E-state index contributed by atoms with van der Waals surface area (Å²) in [5, 5.41) is 15.5. The summed E-state index contributed by atoms with van der Waals surface area (Å²) in [6.07, 6.45) is 0. The lowest BCUT2D eigenvalue weighted by molar-refractivity contribution is 0.0945. The standard InChI is InChI=1S/C16H16Cl2N2O2/c1-10-6-7-12(17)15(14(10)18)20-13-5-3-2-4-11(13)16(22)19-8-9-21/h2-7,20-21H,8-9H2,1H3,(H,19,22). The quantitative estimate of drug-likeness (QED) is 0.777. The predicted molar refractivity (Wildman–Crippen MR) is 90.3 cm³/mol. The molecule has 6 heteroatoms. The molecule has 0 aliphatic rings. The molecule has 0 saturated carbocycles. The first-order chi connectivity index (χ1) is 10.5. The third-order valence-electron chi connectivity index (χ3n) is 3.11. The zero-order valence-electron chi connectivity index (χ0n) is 12.0. The summed E-state index contributed by atoms with van der Waals surface area (Å²) in [7, 11) is 0. The largest absolute Gasteiger partial charge is 0.395 e. The van der Waals surface area contributed by atoms with Crippen molar-refractivity contribution in [3.05, 3.63) is 57.6 Å². The van der Waals surface area contributed by atoms with E-state index >= 15 is 0 Å². The molecule has 0 atom stereocenters. The van der Waals surface area contributed by atoms with Gasteiger partial charge < -0.3 is 15.7 Å². The second-order valence-corrected chi connectivity index (χ2v) is 5.49. The van der Waals surface area contributed by atoms with Crippen molar-refractivity contribution in [2.75, 3.05) is 18.5 Å². The molecule has 0 unspecified atom stereocenters. The minimum atomic E-state index is -0.281. The van der Waals surface area contributed by atoms with Gasteiger partial charge in [0.25, 0.3) is 5.91 Å². The van der Waals surface area contributed by atoms with Crippen LogP contribution in [0.5, 0.6) is 0 Å². The molecular weight excluding hydrogens is 323 g/mol. The van der Waals surface area contributed by atoms with Crippen LogP contribution in [-0.4, -0.2) is 24.2 Å². The molecule has 0 spiro atoms. The predicted octanol–water partition coefficient (Wildman–Crippen LogP) is 3.77. The van der Waals surface area contributed by atoms with Crippen molar-refractivity contribution in [2.24, 2.45) is 0 Å². The number of hydrogen-bond donors (Lipinski definition) is 3. The first-order valence-corrected chi connectivity index (χ1v) is 7.50. The number of nitrogens with one attached hydrogen (secondary N) is 2. The molecule has 0 saturated heterocycles. The zero-order chi connectivity index (χ0) is 16.1. The second kappa shape index (κ2) is 7.49. The van der Waals surface area contributed by atoms with E-state index < -0.39 is 0 Å². The first kappa shape index (κ1) is 16.6. The average Bonchev–Trinajstić information content (AvgIpc) is 2.53. The van der Waals surface area contributed by atoms with Crippen molar-refractivity contribution in [3.8, 4) is 0 Å². The van der Waals surface area contributed by atoms with E-state index in [0.717, 1.165) is 5.56 Å². The molecule has 3 N–H and O–H groups in total. The fourth-order valence-corrected chi connectivity index (χ4v) is 2.43. The lowest BCUT2D eigenvalue weighted by Gasteiger charge is -2.15. The van der Waals surface area contributed by atoms with E-state index in [4.69, 9.17) is 28.3 Å². The molecular formula is C16H16Cl2N2O2. The van der Waals surface area contributed by atoms with E-state index in [1.807, 2.05) is 19.1 Å². The highest BCUT2D eigenvalue weighted by molar-refractivity contribution is 6.39. The number of benzene rings is 2. The van der Waals surface area contributed by atoms with E-state index in [1.165, 1.54) is 0 Å². The van der Waals surface area contributed by atoms with Gasteiger partial charge >= 0.3 is 0 Å². The molecule has 2 aromatic rings. The van der Waals surface area contributed by atoms with Gasteiger partial charge in [-0.25, -0.2) is 0 Å². The number of anilines is 2. The minimum Gasteiger partial charge on any atom is -0.395 e. The topological polar surface area (TPSA) is 61.4 Å². The summed E-state index contributed by atoms with van der Waals surface area (Å²) < 4.78 is 0. The van der Waals surface area contributed by atoms with Crippen LogP contribution < -0.4 is 10.6 Å². The fourth-order valence-electron chi connectivity index (χ4n) is 1.96. The number of aliphatic hydroxyl groups excluding tert-OH is 1. The number of halogens is 2. The first-order valence-electron chi connectivity index (χ1n) is 6.74. The maximum Gasteiger partial charge on any atom is 0.253 e. The number of hydrogen-bond acceptors (Lipinski definition) is 3. The van der Waals surface area contributed by atoms with Crippen LogP contribution in [0.15, 0.2) is 36.4 Å². The van der Waals surface area contributed by atoms with Crippen molar-refractivity contribution >= 4 is 40.5 Å². The van der Waals surface area contributed by atoms with Crippen molar-refractivity contribution in [3.63, 3.8) is 0 Å². The van der Waals surface area contributed by atoms with E-state index in [9.17, 15) is 4.79 Å². The molecule has 0 heterocycles. The van der Waals surface area contributed by atoms with Gasteiger partial charge in [0, 0.05) is 6.54 Å². The Bertz CT molecular complexity index is 690. The van der Waals surface area contributed by atoms with Crippen LogP contribution in [-0.2, 0) is 0 Å². The molecule has 0 fully saturated rings. The van der Waals surface area contributed by atoms with E-state index in [1.54, 1.807) is 24.3 Å². The Hall–Kier alpha value is -1.75. The summed E-state index contributed by atoms with van der Waals surface area (Å²) in [6, 6.07) is 10.6. The Balaban J connectivity index is 2.35. The molecule has 2 rings (SSSR count). The Morgan fingerprint density at radius 1 is 1.18 bits per heavy atom. The highest BCUT2D eigenvalue weighted by atomic mass is 35.5. The van der Waals surface area contributed by atoms with E-state index in [-0.39, 0.29) is 19.1 Å². The summed E-state index contributed by atoms with van der Waals surface area (Å²) in [5.41, 5.74) is 2.48. The van der Waals surface area contributed by atoms with Crippen LogP contribution in [0.1, 0.15) is 15.9 Å². The van der Waals surface area contributed by atoms with Crippen LogP contribution >= 0.6 is 23.2 Å². The third kappa shape index (κ3) is 3.71. The number of carbonyl (C=O) groups is 1. The van der Waals surface area contributed by atoms with Crippen molar-refractivity contribution in [1.82, 2.24) is 5.32 Å². The molecule has 116 valence electrons. The van der Waals surface area contributed by atoms with E-state index in [2.05, 4.69) is 10.6 Å². The normalized spacial score (nSPS) is 10.4. The Morgan fingerprint density at radius 3 is 2.64 bits per heavy atom. The smallest absolute Gasteiger partial charge is 0.253 e. The van der Waals surface area contributed by atoms with Crippen LogP contribution in [0.3, 0.4) is 0 Å². The lowest BCUT2D eigenvalue weighted by atomic mass is 10.1. The van der Waals surface area contributed by atoms with Gasteiger partial charge in [-0.15, -0.1) is 0 Å². The monoisotopic (exact) mass is 338 g/mol. The third-order valence-corrected chi connectivity index (χ3v) is 3.91. The number of carbonyl (C=O) groups excluding carboxylic acids is 1. The molecule has 0 aliphatic carbocycles. The van der Waals surface area contributed by atoms with Gasteiger partial charge in [-0.1, -0.05) is 41.4 Å². The number of rotatable bonds is 5. The van der Waals surface area contributed by atoms with Gasteiger partial charge in [0.05, 0.1) is 33.6 Å². The average molecular weight is 339 g/mol. The molecule has 0 aliphatic heterocycles. The van der Waals surface area contributed by atoms with Crippen molar-refractivity contribution in [2.45, 2.75) is 6.92 Å². The van der Waals surface area contributed by atoms with Gasteiger partial charge in [-0.2, -0.15) is 0 Å². The highest BCUT2D eigenvalue weighted by Gasteiger charge is 2.14. The van der Waals surface area contributed by atoms with Gasteiger partial charge in [-0.3, -0.25) is 4.79 Å². The van der Waals surface area contributed by atoms with Crippen LogP contribution in [0, 0.1) is 6.92 Å². The fraction of sp³-hybridized carbons (Fsp3) is 0.188. The van der Waals surface area contributed by atoms with Gasteiger partial charge in [0.15, 0.2) is 0 Å². The maximum atomic E-state index is 12.1. The molecule has 1 amide bonds. The van der Waals surface area contributed by atoms with Crippen LogP contribution in [0.25, 0.3) is 0 Å². The van der Waals surface area contributed by atoms with Gasteiger partial charge in [0.2, 0.25) is 0 Å². The number of aliphatic hydroxyl groups is 1. The van der Waals surface area contributed by atoms with Crippen LogP contribution in [0.2, 0.25) is 10.0 Å².